The summed E-state index contributed by atoms with van der Waals surface area (Å²) >= 11 is 0. The number of ether oxygens (including phenoxy) is 1. The maximum atomic E-state index is 12.7. The van der Waals surface area contributed by atoms with Gasteiger partial charge in [-0.1, -0.05) is 18.2 Å². The molecule has 1 saturated heterocycles. The van der Waals surface area contributed by atoms with E-state index in [4.69, 9.17) is 4.74 Å². The van der Waals surface area contributed by atoms with Gasteiger partial charge in [-0.2, -0.15) is 0 Å². The van der Waals surface area contributed by atoms with Crippen molar-refractivity contribution < 1.29 is 13.7 Å². The summed E-state index contributed by atoms with van der Waals surface area (Å²) in [5, 5.41) is 0. The molecule has 0 aromatic heterocycles. The summed E-state index contributed by atoms with van der Waals surface area (Å²) in [5.41, 5.74) is 0.974. The van der Waals surface area contributed by atoms with E-state index in [0.717, 1.165) is 11.3 Å². The lowest BCUT2D eigenvalue weighted by molar-refractivity contribution is -0.133. The summed E-state index contributed by atoms with van der Waals surface area (Å²) in [4.78, 5) is 14.5. The first-order valence-corrected chi connectivity index (χ1v) is 8.20. The van der Waals surface area contributed by atoms with Crippen LogP contribution in [0.5, 0.6) is 5.75 Å². The van der Waals surface area contributed by atoms with Gasteiger partial charge in [-0.3, -0.25) is 9.00 Å². The third kappa shape index (κ3) is 2.24. The molecule has 2 heterocycles. The number of carbonyl (C=O) groups is 1. The van der Waals surface area contributed by atoms with Crippen LogP contribution < -0.4 is 4.74 Å². The molecular formula is C15H19NO3S. The first kappa shape index (κ1) is 13.6. The van der Waals surface area contributed by atoms with Gasteiger partial charge in [-0.15, -0.1) is 0 Å². The fraction of sp³-hybridized carbons (Fsp3) is 0.533. The zero-order valence-corrected chi connectivity index (χ0v) is 12.6. The minimum Gasteiger partial charge on any atom is -0.492 e. The van der Waals surface area contributed by atoms with E-state index in [1.54, 1.807) is 0 Å². The van der Waals surface area contributed by atoms with Crippen LogP contribution >= 0.6 is 0 Å². The van der Waals surface area contributed by atoms with Crippen molar-refractivity contribution in [1.29, 1.82) is 0 Å². The van der Waals surface area contributed by atoms with E-state index in [1.807, 2.05) is 43.0 Å². The Kier molecular flexibility index (Phi) is 3.32. The molecule has 1 fully saturated rings. The fourth-order valence-corrected chi connectivity index (χ4v) is 4.09. The van der Waals surface area contributed by atoms with Crippen LogP contribution in [0.25, 0.3) is 0 Å². The minimum atomic E-state index is -0.860. The predicted octanol–water partition coefficient (Wildman–Crippen LogP) is 1.53. The second-order valence-corrected chi connectivity index (χ2v) is 8.18. The lowest BCUT2D eigenvalue weighted by atomic mass is 9.99. The maximum absolute atomic E-state index is 12.7. The van der Waals surface area contributed by atoms with E-state index in [1.165, 1.54) is 0 Å². The van der Waals surface area contributed by atoms with Gasteiger partial charge >= 0.3 is 0 Å². The predicted molar refractivity (Wildman–Crippen MR) is 78.3 cm³/mol. The summed E-state index contributed by atoms with van der Waals surface area (Å²) in [7, 11) is -0.860. The van der Waals surface area contributed by atoms with Gasteiger partial charge in [0, 0.05) is 35.2 Å². The summed E-state index contributed by atoms with van der Waals surface area (Å²) < 4.78 is 17.2. The largest absolute Gasteiger partial charge is 0.492 e. The molecule has 0 bridgehead atoms. The van der Waals surface area contributed by atoms with Crippen LogP contribution in [0, 0.1) is 0 Å². The molecule has 3 rings (SSSR count). The molecule has 20 heavy (non-hydrogen) atoms. The van der Waals surface area contributed by atoms with Gasteiger partial charge in [-0.25, -0.2) is 0 Å². The van der Waals surface area contributed by atoms with Crippen molar-refractivity contribution in [3.8, 4) is 5.75 Å². The van der Waals surface area contributed by atoms with Gasteiger partial charge < -0.3 is 9.64 Å². The molecule has 2 atom stereocenters. The number of benzene rings is 1. The Hall–Kier alpha value is -1.36. The smallest absolute Gasteiger partial charge is 0.233 e. The number of carbonyl (C=O) groups excluding carboxylic acids is 1. The van der Waals surface area contributed by atoms with Crippen LogP contribution in [0.4, 0.5) is 0 Å². The number of nitrogens with zero attached hydrogens (tertiary/aromatic N) is 1. The molecule has 2 unspecified atom stereocenters. The van der Waals surface area contributed by atoms with Crippen molar-refractivity contribution in [1.82, 2.24) is 4.90 Å². The van der Waals surface area contributed by atoms with Crippen molar-refractivity contribution in [3.05, 3.63) is 29.8 Å². The van der Waals surface area contributed by atoms with Crippen molar-refractivity contribution in [2.75, 3.05) is 25.4 Å². The monoisotopic (exact) mass is 293 g/mol. The van der Waals surface area contributed by atoms with Gasteiger partial charge in [-0.05, 0) is 19.9 Å². The van der Waals surface area contributed by atoms with Gasteiger partial charge in [0.05, 0.1) is 4.75 Å². The third-order valence-corrected chi connectivity index (χ3v) is 5.96. The average Bonchev–Trinajstić information content (AvgIpc) is 2.85. The Labute approximate surface area is 121 Å². The second-order valence-electron chi connectivity index (χ2n) is 5.97. The molecule has 0 radical (unpaired) electrons. The molecule has 108 valence electrons. The zero-order chi connectivity index (χ0) is 14.3. The molecule has 0 N–H and O–H groups in total. The third-order valence-electron chi connectivity index (χ3n) is 4.04. The number of rotatable bonds is 1. The van der Waals surface area contributed by atoms with E-state index in [-0.39, 0.29) is 16.6 Å². The Bertz CT molecular complexity index is 570. The van der Waals surface area contributed by atoms with Crippen LogP contribution in [0.2, 0.25) is 0 Å². The van der Waals surface area contributed by atoms with Gasteiger partial charge in [0.2, 0.25) is 5.91 Å². The molecule has 2 aliphatic rings. The van der Waals surface area contributed by atoms with E-state index in [2.05, 4.69) is 0 Å². The maximum Gasteiger partial charge on any atom is 0.233 e. The first-order valence-electron chi connectivity index (χ1n) is 6.88. The lowest BCUT2D eigenvalue weighted by Crippen LogP contribution is -2.53. The summed E-state index contributed by atoms with van der Waals surface area (Å²) in [6.07, 6.45) is 0. The molecule has 4 nitrogen and oxygen atoms in total. The number of amides is 1. The highest BCUT2D eigenvalue weighted by molar-refractivity contribution is 7.86. The number of fused-ring (bicyclic) bond motifs is 1. The molecule has 0 saturated carbocycles. The Morgan fingerprint density at radius 1 is 1.40 bits per heavy atom. The van der Waals surface area contributed by atoms with E-state index >= 15 is 0 Å². The van der Waals surface area contributed by atoms with Crippen LogP contribution in [0.3, 0.4) is 0 Å². The Balaban J connectivity index is 1.79. The van der Waals surface area contributed by atoms with Crippen LogP contribution in [0.15, 0.2) is 24.3 Å². The average molecular weight is 293 g/mol. The minimum absolute atomic E-state index is 0.0970. The standard InChI is InChI=1S/C15H19NO3S/c1-15(2)10-16(7-8-20(15)18)14(17)12-9-19-13-6-4-3-5-11(12)13/h3-6,12H,7-10H2,1-2H3. The van der Waals surface area contributed by atoms with Crippen molar-refractivity contribution in [2.45, 2.75) is 24.5 Å². The zero-order valence-electron chi connectivity index (χ0n) is 11.8. The molecule has 0 aliphatic carbocycles. The topological polar surface area (TPSA) is 46.6 Å². The SMILES string of the molecule is CC1(C)CN(C(=O)C2COc3ccccc32)CCS1=O. The number of para-hydroxylation sites is 1. The van der Waals surface area contributed by atoms with Crippen molar-refractivity contribution in [2.24, 2.45) is 0 Å². The van der Waals surface area contributed by atoms with Crippen LogP contribution in [0.1, 0.15) is 25.3 Å². The Morgan fingerprint density at radius 2 is 2.15 bits per heavy atom. The van der Waals surface area contributed by atoms with Crippen LogP contribution in [-0.2, 0) is 15.6 Å². The highest BCUT2D eigenvalue weighted by Gasteiger charge is 2.39. The van der Waals surface area contributed by atoms with E-state index in [9.17, 15) is 9.00 Å². The van der Waals surface area contributed by atoms with Crippen molar-refractivity contribution in [3.63, 3.8) is 0 Å². The molecule has 5 heteroatoms. The molecule has 1 aromatic rings. The summed E-state index contributed by atoms with van der Waals surface area (Å²) in [6, 6.07) is 7.71. The molecule has 0 spiro atoms. The molecular weight excluding hydrogens is 274 g/mol. The van der Waals surface area contributed by atoms with Crippen LogP contribution in [-0.4, -0.2) is 45.2 Å². The Morgan fingerprint density at radius 3 is 2.90 bits per heavy atom. The van der Waals surface area contributed by atoms with E-state index in [0.29, 0.717) is 25.4 Å². The fourth-order valence-electron chi connectivity index (χ4n) is 2.86. The van der Waals surface area contributed by atoms with Crippen molar-refractivity contribution >= 4 is 16.7 Å². The highest BCUT2D eigenvalue weighted by Crippen LogP contribution is 2.35. The number of hydrogen-bond donors (Lipinski definition) is 0. The lowest BCUT2D eigenvalue weighted by Gasteiger charge is -2.38. The summed E-state index contributed by atoms with van der Waals surface area (Å²) in [6.45, 7) is 5.46. The molecule has 1 aromatic carbocycles. The normalized spacial score (nSPS) is 27.8. The molecule has 1 amide bonds. The first-order chi connectivity index (χ1) is 9.49. The number of hydrogen-bond acceptors (Lipinski definition) is 3. The van der Waals surface area contributed by atoms with Gasteiger partial charge in [0.1, 0.15) is 18.3 Å². The van der Waals surface area contributed by atoms with Gasteiger partial charge in [0.15, 0.2) is 0 Å². The second kappa shape index (κ2) is 4.88. The van der Waals surface area contributed by atoms with Gasteiger partial charge in [0.25, 0.3) is 0 Å². The quantitative estimate of drug-likeness (QED) is 0.789. The van der Waals surface area contributed by atoms with E-state index < -0.39 is 10.8 Å². The highest BCUT2D eigenvalue weighted by atomic mass is 32.2. The summed E-state index contributed by atoms with van der Waals surface area (Å²) in [5.74, 6) is 1.26. The molecule has 2 aliphatic heterocycles.